The second-order valence-corrected chi connectivity index (χ2v) is 5.57. The van der Waals surface area contributed by atoms with Crippen molar-refractivity contribution in [2.24, 2.45) is 0 Å². The van der Waals surface area contributed by atoms with Crippen molar-refractivity contribution in [3.63, 3.8) is 0 Å². The summed E-state index contributed by atoms with van der Waals surface area (Å²) in [5.41, 5.74) is 0.654. The first kappa shape index (κ1) is 15.2. The van der Waals surface area contributed by atoms with Crippen LogP contribution in [0.15, 0.2) is 35.1 Å². The van der Waals surface area contributed by atoms with Crippen molar-refractivity contribution in [1.82, 2.24) is 14.9 Å². The van der Waals surface area contributed by atoms with Gasteiger partial charge in [0.05, 0.1) is 0 Å². The molecule has 1 heterocycles. The Hall–Kier alpha value is -1.20. The number of benzene rings is 1. The summed E-state index contributed by atoms with van der Waals surface area (Å²) in [6, 6.07) is 4.95. The Labute approximate surface area is 127 Å². The van der Waals surface area contributed by atoms with Crippen LogP contribution in [0.25, 0.3) is 0 Å². The van der Waals surface area contributed by atoms with Crippen molar-refractivity contribution in [3.05, 3.63) is 52.3 Å². The van der Waals surface area contributed by atoms with E-state index in [0.29, 0.717) is 12.0 Å². The van der Waals surface area contributed by atoms with Gasteiger partial charge in [-0.25, -0.2) is 9.37 Å². The summed E-state index contributed by atoms with van der Waals surface area (Å²) in [7, 11) is 1.84. The summed E-state index contributed by atoms with van der Waals surface area (Å²) in [4.78, 5) is 4.39. The molecule has 1 aromatic carbocycles. The zero-order chi connectivity index (χ0) is 14.5. The van der Waals surface area contributed by atoms with Crippen LogP contribution in [0.3, 0.4) is 0 Å². The van der Waals surface area contributed by atoms with E-state index in [1.165, 1.54) is 6.07 Å². The van der Waals surface area contributed by atoms with Gasteiger partial charge in [0.2, 0.25) is 0 Å². The number of nitrogens with zero attached hydrogens (tertiary/aromatic N) is 2. The van der Waals surface area contributed by atoms with Gasteiger partial charge in [-0.3, -0.25) is 0 Å². The number of rotatable bonds is 6. The molecule has 1 N–H and O–H groups in total. The van der Waals surface area contributed by atoms with Gasteiger partial charge < -0.3 is 9.88 Å². The smallest absolute Gasteiger partial charge is 0.129 e. The van der Waals surface area contributed by atoms with Gasteiger partial charge in [-0.15, -0.1) is 0 Å². The Bertz CT molecular complexity index is 548. The first-order valence-electron chi connectivity index (χ1n) is 6.78. The number of hydrogen-bond donors (Lipinski definition) is 1. The third-order valence-corrected chi connectivity index (χ3v) is 4.04. The molecule has 1 unspecified atom stereocenters. The first-order chi connectivity index (χ1) is 9.67. The lowest BCUT2D eigenvalue weighted by atomic mass is 10.0. The molecule has 5 heteroatoms. The fourth-order valence-electron chi connectivity index (χ4n) is 2.35. The van der Waals surface area contributed by atoms with E-state index >= 15 is 0 Å². The Morgan fingerprint density at radius 3 is 2.90 bits per heavy atom. The Kier molecular flexibility index (Phi) is 5.31. The highest BCUT2D eigenvalue weighted by Gasteiger charge is 2.19. The van der Waals surface area contributed by atoms with E-state index in [0.717, 1.165) is 23.3 Å². The van der Waals surface area contributed by atoms with E-state index in [4.69, 9.17) is 0 Å². The second kappa shape index (κ2) is 6.99. The minimum Gasteiger partial charge on any atom is -0.335 e. The van der Waals surface area contributed by atoms with Crippen LogP contribution < -0.4 is 5.32 Å². The normalized spacial score (nSPS) is 12.6. The summed E-state index contributed by atoms with van der Waals surface area (Å²) < 4.78 is 17.0. The van der Waals surface area contributed by atoms with E-state index < -0.39 is 0 Å². The topological polar surface area (TPSA) is 29.9 Å². The first-order valence-corrected chi connectivity index (χ1v) is 7.57. The third kappa shape index (κ3) is 3.27. The van der Waals surface area contributed by atoms with Gasteiger partial charge in [-0.2, -0.15) is 0 Å². The second-order valence-electron chi connectivity index (χ2n) is 4.72. The van der Waals surface area contributed by atoms with Gasteiger partial charge >= 0.3 is 0 Å². The standard InChI is InChI=1S/C15H19BrFN3/c1-3-8-20-9-7-19-14(20)10-13(18-2)15-11(16)5-4-6-12(15)17/h4-7,9,13,18H,3,8,10H2,1-2H3. The largest absolute Gasteiger partial charge is 0.335 e. The summed E-state index contributed by atoms with van der Waals surface area (Å²) in [5, 5.41) is 3.18. The highest BCUT2D eigenvalue weighted by molar-refractivity contribution is 9.10. The predicted octanol–water partition coefficient (Wildman–Crippen LogP) is 3.70. The number of halogens is 2. The van der Waals surface area contributed by atoms with Crippen LogP contribution in [-0.4, -0.2) is 16.6 Å². The average molecular weight is 340 g/mol. The average Bonchev–Trinajstić information content (AvgIpc) is 2.85. The summed E-state index contributed by atoms with van der Waals surface area (Å²) >= 11 is 3.43. The highest BCUT2D eigenvalue weighted by atomic mass is 79.9. The molecule has 0 aliphatic carbocycles. The van der Waals surface area contributed by atoms with Gasteiger partial charge in [0.1, 0.15) is 11.6 Å². The van der Waals surface area contributed by atoms with Crippen LogP contribution in [0.2, 0.25) is 0 Å². The third-order valence-electron chi connectivity index (χ3n) is 3.35. The van der Waals surface area contributed by atoms with Crippen molar-refractivity contribution in [1.29, 1.82) is 0 Å². The van der Waals surface area contributed by atoms with Crippen molar-refractivity contribution in [3.8, 4) is 0 Å². The quantitative estimate of drug-likeness (QED) is 0.869. The van der Waals surface area contributed by atoms with Crippen LogP contribution in [0.5, 0.6) is 0 Å². The highest BCUT2D eigenvalue weighted by Crippen LogP contribution is 2.28. The van der Waals surface area contributed by atoms with Crippen molar-refractivity contribution >= 4 is 15.9 Å². The van der Waals surface area contributed by atoms with E-state index in [9.17, 15) is 4.39 Å². The molecule has 1 aromatic heterocycles. The fourth-order valence-corrected chi connectivity index (χ4v) is 2.97. The number of hydrogen-bond acceptors (Lipinski definition) is 2. The molecule has 0 spiro atoms. The van der Waals surface area contributed by atoms with E-state index in [1.807, 2.05) is 19.3 Å². The van der Waals surface area contributed by atoms with Gasteiger partial charge in [-0.1, -0.05) is 28.9 Å². The Morgan fingerprint density at radius 2 is 2.25 bits per heavy atom. The maximum absolute atomic E-state index is 14.1. The number of nitrogens with one attached hydrogen (secondary N) is 1. The van der Waals surface area contributed by atoms with Crippen molar-refractivity contribution in [2.45, 2.75) is 32.4 Å². The number of aromatic nitrogens is 2. The molecule has 0 aliphatic heterocycles. The number of likely N-dealkylation sites (N-methyl/N-ethyl adjacent to an activating group) is 1. The zero-order valence-corrected chi connectivity index (χ0v) is 13.3. The molecule has 3 nitrogen and oxygen atoms in total. The summed E-state index contributed by atoms with van der Waals surface area (Å²) in [5.74, 6) is 0.772. The van der Waals surface area contributed by atoms with Crippen molar-refractivity contribution < 1.29 is 4.39 Å². The van der Waals surface area contributed by atoms with E-state index in [-0.39, 0.29) is 11.9 Å². The van der Waals surface area contributed by atoms with Gasteiger partial charge in [0.15, 0.2) is 0 Å². The molecule has 0 aliphatic rings. The molecule has 0 fully saturated rings. The van der Waals surface area contributed by atoms with Crippen molar-refractivity contribution in [2.75, 3.05) is 7.05 Å². The molecule has 0 amide bonds. The van der Waals surface area contributed by atoms with Crippen LogP contribution in [-0.2, 0) is 13.0 Å². The Morgan fingerprint density at radius 1 is 1.45 bits per heavy atom. The predicted molar refractivity (Wildman–Crippen MR) is 82.1 cm³/mol. The Balaban J connectivity index is 2.27. The lowest BCUT2D eigenvalue weighted by Gasteiger charge is -2.19. The molecule has 108 valence electrons. The molecule has 0 saturated carbocycles. The number of aryl methyl sites for hydroxylation is 1. The lowest BCUT2D eigenvalue weighted by Crippen LogP contribution is -2.22. The van der Waals surface area contributed by atoms with Gasteiger partial charge in [0, 0.05) is 41.4 Å². The molecule has 0 saturated heterocycles. The zero-order valence-electron chi connectivity index (χ0n) is 11.7. The molecule has 0 bridgehead atoms. The minimum atomic E-state index is -0.202. The van der Waals surface area contributed by atoms with E-state index in [2.05, 4.69) is 37.7 Å². The van der Waals surface area contributed by atoms with Gasteiger partial charge in [0.25, 0.3) is 0 Å². The molecule has 2 aromatic rings. The molecular weight excluding hydrogens is 321 g/mol. The van der Waals surface area contributed by atoms with E-state index in [1.54, 1.807) is 12.3 Å². The lowest BCUT2D eigenvalue weighted by molar-refractivity contribution is 0.508. The summed E-state index contributed by atoms with van der Waals surface area (Å²) in [6.45, 7) is 3.07. The monoisotopic (exact) mass is 339 g/mol. The van der Waals surface area contributed by atoms with Crippen LogP contribution in [0.4, 0.5) is 4.39 Å². The summed E-state index contributed by atoms with van der Waals surface area (Å²) in [6.07, 6.45) is 5.48. The molecule has 1 atom stereocenters. The van der Waals surface area contributed by atoms with Crippen LogP contribution in [0.1, 0.15) is 30.8 Å². The van der Waals surface area contributed by atoms with Crippen LogP contribution in [0, 0.1) is 5.82 Å². The SMILES string of the molecule is CCCn1ccnc1CC(NC)c1c(F)cccc1Br. The maximum atomic E-state index is 14.1. The number of imidazole rings is 1. The molecule has 2 rings (SSSR count). The molecular formula is C15H19BrFN3. The van der Waals surface area contributed by atoms with Gasteiger partial charge in [-0.05, 0) is 25.6 Å². The molecule has 0 radical (unpaired) electrons. The maximum Gasteiger partial charge on any atom is 0.129 e. The molecule has 20 heavy (non-hydrogen) atoms. The minimum absolute atomic E-state index is 0.108. The van der Waals surface area contributed by atoms with Crippen LogP contribution >= 0.6 is 15.9 Å². The fraction of sp³-hybridized carbons (Fsp3) is 0.400.